The summed E-state index contributed by atoms with van der Waals surface area (Å²) in [5.41, 5.74) is 4.25. The molecule has 0 spiro atoms. The van der Waals surface area contributed by atoms with Crippen LogP contribution in [0, 0.1) is 0 Å². The second-order valence-electron chi connectivity index (χ2n) is 10.2. The number of carboxylic acid groups (broad SMARTS) is 1. The van der Waals surface area contributed by atoms with Crippen molar-refractivity contribution in [2.24, 2.45) is 0 Å². The Hall–Kier alpha value is -5.36. The topological polar surface area (TPSA) is 77.8 Å². The highest BCUT2D eigenvalue weighted by atomic mass is 16.5. The standard InChI is InChI=1S/C36H29NO5/c1-24(38)35-31-20-29(41-22-25-9-3-2-4-10-25)17-18-32(31)37(21-26-15-16-27-11-5-6-12-28(27)19-26)33(35)23-42-34-14-8-7-13-30(34)36(39)40/h2-20H,21-23H2,1H3,(H,39,40). The first-order chi connectivity index (χ1) is 20.5. The fourth-order valence-corrected chi connectivity index (χ4v) is 5.38. The van der Waals surface area contributed by atoms with Crippen LogP contribution in [-0.4, -0.2) is 21.4 Å². The second kappa shape index (κ2) is 11.6. The molecule has 6 nitrogen and oxygen atoms in total. The molecular weight excluding hydrogens is 526 g/mol. The number of ketones is 1. The number of hydrogen-bond acceptors (Lipinski definition) is 4. The van der Waals surface area contributed by atoms with Gasteiger partial charge in [0.15, 0.2) is 5.78 Å². The van der Waals surface area contributed by atoms with Crippen LogP contribution in [0.2, 0.25) is 0 Å². The normalized spacial score (nSPS) is 11.1. The Morgan fingerprint density at radius 2 is 1.45 bits per heavy atom. The molecule has 0 aliphatic carbocycles. The largest absolute Gasteiger partial charge is 0.489 e. The fraction of sp³-hybridized carbons (Fsp3) is 0.111. The number of ether oxygens (including phenoxy) is 2. The number of fused-ring (bicyclic) bond motifs is 2. The van der Waals surface area contributed by atoms with E-state index in [0.29, 0.717) is 30.2 Å². The minimum atomic E-state index is -1.07. The number of carboxylic acids is 1. The number of rotatable bonds is 10. The molecule has 0 aliphatic heterocycles. The summed E-state index contributed by atoms with van der Waals surface area (Å²) < 4.78 is 14.3. The molecule has 0 fully saturated rings. The van der Waals surface area contributed by atoms with E-state index >= 15 is 0 Å². The number of Topliss-reactive ketones (excluding diaryl/α,β-unsaturated/α-hetero) is 1. The molecule has 6 rings (SSSR count). The molecule has 0 radical (unpaired) electrons. The molecule has 1 N–H and O–H groups in total. The van der Waals surface area contributed by atoms with Crippen molar-refractivity contribution in [3.63, 3.8) is 0 Å². The third kappa shape index (κ3) is 5.47. The van der Waals surface area contributed by atoms with Crippen LogP contribution in [-0.2, 0) is 19.8 Å². The van der Waals surface area contributed by atoms with Gasteiger partial charge in [-0.3, -0.25) is 4.79 Å². The van der Waals surface area contributed by atoms with E-state index in [1.165, 1.54) is 6.07 Å². The van der Waals surface area contributed by atoms with Crippen LogP contribution in [0.5, 0.6) is 11.5 Å². The van der Waals surface area contributed by atoms with Crippen LogP contribution < -0.4 is 9.47 Å². The van der Waals surface area contributed by atoms with E-state index in [-0.39, 0.29) is 23.7 Å². The zero-order valence-electron chi connectivity index (χ0n) is 23.1. The van der Waals surface area contributed by atoms with Gasteiger partial charge in [0.25, 0.3) is 0 Å². The van der Waals surface area contributed by atoms with Crippen molar-refractivity contribution in [2.45, 2.75) is 26.7 Å². The first-order valence-corrected chi connectivity index (χ1v) is 13.7. The Bertz CT molecular complexity index is 1920. The van der Waals surface area contributed by atoms with E-state index in [1.54, 1.807) is 25.1 Å². The molecule has 6 aromatic rings. The fourth-order valence-electron chi connectivity index (χ4n) is 5.38. The maximum absolute atomic E-state index is 13.2. The Labute approximate surface area is 243 Å². The summed E-state index contributed by atoms with van der Waals surface area (Å²) in [6.07, 6.45) is 0. The Morgan fingerprint density at radius 3 is 2.24 bits per heavy atom. The average Bonchev–Trinajstić information content (AvgIpc) is 3.31. The lowest BCUT2D eigenvalue weighted by Crippen LogP contribution is -2.12. The van der Waals surface area contributed by atoms with Gasteiger partial charge in [-0.15, -0.1) is 0 Å². The molecule has 0 saturated carbocycles. The number of carbonyl (C=O) groups excluding carboxylic acids is 1. The predicted octanol–water partition coefficient (Wildman–Crippen LogP) is 7.90. The van der Waals surface area contributed by atoms with Gasteiger partial charge in [-0.1, -0.05) is 78.9 Å². The maximum atomic E-state index is 13.2. The predicted molar refractivity (Wildman–Crippen MR) is 163 cm³/mol. The van der Waals surface area contributed by atoms with Crippen LogP contribution in [0.1, 0.15) is 44.5 Å². The molecule has 208 valence electrons. The molecule has 6 heteroatoms. The molecule has 1 heterocycles. The van der Waals surface area contributed by atoms with Crippen LogP contribution >= 0.6 is 0 Å². The lowest BCUT2D eigenvalue weighted by molar-refractivity contribution is 0.0691. The lowest BCUT2D eigenvalue weighted by Gasteiger charge is -2.15. The van der Waals surface area contributed by atoms with Gasteiger partial charge >= 0.3 is 5.97 Å². The van der Waals surface area contributed by atoms with E-state index < -0.39 is 5.97 Å². The van der Waals surface area contributed by atoms with Crippen molar-refractivity contribution in [1.82, 2.24) is 4.57 Å². The van der Waals surface area contributed by atoms with E-state index in [0.717, 1.165) is 32.8 Å². The zero-order valence-corrected chi connectivity index (χ0v) is 23.1. The monoisotopic (exact) mass is 555 g/mol. The molecule has 0 aliphatic rings. The summed E-state index contributed by atoms with van der Waals surface area (Å²) in [5.74, 6) is -0.286. The quantitative estimate of drug-likeness (QED) is 0.174. The number of aromatic nitrogens is 1. The summed E-state index contributed by atoms with van der Waals surface area (Å²) in [4.78, 5) is 25.0. The molecule has 5 aromatic carbocycles. The van der Waals surface area contributed by atoms with Gasteiger partial charge in [0.1, 0.15) is 30.3 Å². The molecule has 0 unspecified atom stereocenters. The van der Waals surface area contributed by atoms with Crippen molar-refractivity contribution in [3.05, 3.63) is 143 Å². The molecule has 0 bridgehead atoms. The minimum absolute atomic E-state index is 0.0155. The highest BCUT2D eigenvalue weighted by Gasteiger charge is 2.23. The van der Waals surface area contributed by atoms with Crippen LogP contribution in [0.15, 0.2) is 115 Å². The molecule has 0 amide bonds. The van der Waals surface area contributed by atoms with E-state index in [2.05, 4.69) is 34.9 Å². The van der Waals surface area contributed by atoms with E-state index in [1.807, 2.05) is 60.7 Å². The number of carbonyl (C=O) groups is 2. The van der Waals surface area contributed by atoms with Gasteiger partial charge in [-0.2, -0.15) is 0 Å². The molecule has 1 aromatic heterocycles. The van der Waals surface area contributed by atoms with Gasteiger partial charge in [0.2, 0.25) is 0 Å². The molecular formula is C36H29NO5. The first-order valence-electron chi connectivity index (χ1n) is 13.7. The minimum Gasteiger partial charge on any atom is -0.489 e. The van der Waals surface area contributed by atoms with Crippen molar-refractivity contribution < 1.29 is 24.2 Å². The average molecular weight is 556 g/mol. The highest BCUT2D eigenvalue weighted by molar-refractivity contribution is 6.09. The summed E-state index contributed by atoms with van der Waals surface area (Å²) in [5, 5.41) is 12.7. The van der Waals surface area contributed by atoms with Crippen molar-refractivity contribution in [3.8, 4) is 11.5 Å². The smallest absolute Gasteiger partial charge is 0.339 e. The lowest BCUT2D eigenvalue weighted by atomic mass is 10.1. The summed E-state index contributed by atoms with van der Waals surface area (Å²) in [6, 6.07) is 36.7. The van der Waals surface area contributed by atoms with E-state index in [4.69, 9.17) is 9.47 Å². The van der Waals surface area contributed by atoms with Crippen LogP contribution in [0.25, 0.3) is 21.7 Å². The SMILES string of the molecule is CC(=O)c1c(COc2ccccc2C(=O)O)n(Cc2ccc3ccccc3c2)c2ccc(OCc3ccccc3)cc12. The van der Waals surface area contributed by atoms with Crippen LogP contribution in [0.4, 0.5) is 0 Å². The summed E-state index contributed by atoms with van der Waals surface area (Å²) in [6.45, 7) is 2.46. The molecule has 0 atom stereocenters. The Morgan fingerprint density at radius 1 is 0.714 bits per heavy atom. The number of para-hydroxylation sites is 1. The van der Waals surface area contributed by atoms with Crippen molar-refractivity contribution in [2.75, 3.05) is 0 Å². The Balaban J connectivity index is 1.43. The van der Waals surface area contributed by atoms with Crippen molar-refractivity contribution in [1.29, 1.82) is 0 Å². The second-order valence-corrected chi connectivity index (χ2v) is 10.2. The van der Waals surface area contributed by atoms with Gasteiger partial charge in [-0.05, 0) is 65.2 Å². The highest BCUT2D eigenvalue weighted by Crippen LogP contribution is 2.33. The number of aromatic carboxylic acids is 1. The number of benzene rings is 5. The number of nitrogens with zero attached hydrogens (tertiary/aromatic N) is 1. The maximum Gasteiger partial charge on any atom is 0.339 e. The molecule has 0 saturated heterocycles. The Kier molecular flexibility index (Phi) is 7.43. The summed E-state index contributed by atoms with van der Waals surface area (Å²) in [7, 11) is 0. The van der Waals surface area contributed by atoms with Gasteiger partial charge < -0.3 is 19.1 Å². The first kappa shape index (κ1) is 26.8. The van der Waals surface area contributed by atoms with Gasteiger partial charge in [0, 0.05) is 23.0 Å². The van der Waals surface area contributed by atoms with Gasteiger partial charge in [-0.25, -0.2) is 4.79 Å². The van der Waals surface area contributed by atoms with Crippen LogP contribution in [0.3, 0.4) is 0 Å². The molecule has 42 heavy (non-hydrogen) atoms. The van der Waals surface area contributed by atoms with Gasteiger partial charge in [0.05, 0.1) is 5.69 Å². The van der Waals surface area contributed by atoms with Crippen molar-refractivity contribution >= 4 is 33.4 Å². The third-order valence-electron chi connectivity index (χ3n) is 7.38. The third-order valence-corrected chi connectivity index (χ3v) is 7.38. The van der Waals surface area contributed by atoms with E-state index in [9.17, 15) is 14.7 Å². The summed E-state index contributed by atoms with van der Waals surface area (Å²) >= 11 is 0. The number of hydrogen-bond donors (Lipinski definition) is 1. The zero-order chi connectivity index (χ0) is 29.1.